The Morgan fingerprint density at radius 1 is 1.03 bits per heavy atom. The summed E-state index contributed by atoms with van der Waals surface area (Å²) in [6, 6.07) is 6.91. The summed E-state index contributed by atoms with van der Waals surface area (Å²) in [6.07, 6.45) is 7.88. The van der Waals surface area contributed by atoms with Gasteiger partial charge >= 0.3 is 0 Å². The predicted molar refractivity (Wildman–Crippen MR) is 146 cm³/mol. The number of piperidine rings is 1. The zero-order valence-electron chi connectivity index (χ0n) is 20.4. The van der Waals surface area contributed by atoms with Gasteiger partial charge in [-0.2, -0.15) is 0 Å². The monoisotopic (exact) mass is 572 g/mol. The predicted octanol–water partition coefficient (Wildman–Crippen LogP) is 3.66. The maximum atomic E-state index is 14.8. The molecule has 3 fully saturated rings. The summed E-state index contributed by atoms with van der Waals surface area (Å²) in [6.45, 7) is 9.95. The minimum Gasteiger partial charge on any atom is -0.367 e. The second-order valence-electron chi connectivity index (χ2n) is 9.53. The first-order chi connectivity index (χ1) is 15.7. The van der Waals surface area contributed by atoms with Gasteiger partial charge in [-0.1, -0.05) is 25.8 Å². The fourth-order valence-electron chi connectivity index (χ4n) is 5.47. The van der Waals surface area contributed by atoms with Crippen LogP contribution in [0.25, 0.3) is 0 Å². The quantitative estimate of drug-likeness (QED) is 0.310. The number of anilines is 1. The number of hydrogen-bond acceptors (Lipinski definition) is 4. The standard InChI is InChI=1S/C25H41FN6.HI/c1-3-30-14-16-32(17-15-30)24-9-8-20(18-23(24)26)19-28-25(27-2)29-21-10-12-31(13-11-21)22-6-4-5-7-22;/h8-9,18,21-22H,3-7,10-17,19H2,1-2H3,(H2,27,28,29);1H. The molecule has 1 saturated carbocycles. The van der Waals surface area contributed by atoms with Crippen molar-refractivity contribution in [1.29, 1.82) is 0 Å². The Balaban J connectivity index is 0.00000306. The molecule has 6 nitrogen and oxygen atoms in total. The topological polar surface area (TPSA) is 46.1 Å². The third kappa shape index (κ3) is 7.18. The van der Waals surface area contributed by atoms with Crippen LogP contribution in [0.3, 0.4) is 0 Å². The van der Waals surface area contributed by atoms with E-state index in [9.17, 15) is 4.39 Å². The van der Waals surface area contributed by atoms with Crippen molar-refractivity contribution in [1.82, 2.24) is 20.4 Å². The van der Waals surface area contributed by atoms with E-state index in [2.05, 4.69) is 37.2 Å². The van der Waals surface area contributed by atoms with Crippen LogP contribution in [0.1, 0.15) is 51.0 Å². The fraction of sp³-hybridized carbons (Fsp3) is 0.720. The fourth-order valence-corrected chi connectivity index (χ4v) is 5.47. The van der Waals surface area contributed by atoms with Gasteiger partial charge in [0.1, 0.15) is 5.82 Å². The van der Waals surface area contributed by atoms with Gasteiger partial charge < -0.3 is 25.3 Å². The first-order valence-electron chi connectivity index (χ1n) is 12.6. The summed E-state index contributed by atoms with van der Waals surface area (Å²) in [5, 5.41) is 6.96. The van der Waals surface area contributed by atoms with Crippen molar-refractivity contribution >= 4 is 35.6 Å². The highest BCUT2D eigenvalue weighted by Crippen LogP contribution is 2.26. The SMILES string of the molecule is CCN1CCN(c2ccc(CNC(=NC)NC3CCN(C4CCCC4)CC3)cc2F)CC1.I. The van der Waals surface area contributed by atoms with Gasteiger partial charge in [-0.3, -0.25) is 4.99 Å². The summed E-state index contributed by atoms with van der Waals surface area (Å²) in [7, 11) is 1.81. The van der Waals surface area contributed by atoms with Crippen LogP contribution in [-0.4, -0.2) is 80.7 Å². The minimum absolute atomic E-state index is 0. The van der Waals surface area contributed by atoms with E-state index >= 15 is 0 Å². The summed E-state index contributed by atoms with van der Waals surface area (Å²) >= 11 is 0. The number of halogens is 2. The summed E-state index contributed by atoms with van der Waals surface area (Å²) < 4.78 is 14.8. The molecule has 2 saturated heterocycles. The van der Waals surface area contributed by atoms with E-state index in [1.807, 2.05) is 19.2 Å². The van der Waals surface area contributed by atoms with Crippen LogP contribution in [0.5, 0.6) is 0 Å². The van der Waals surface area contributed by atoms with Crippen molar-refractivity contribution in [3.63, 3.8) is 0 Å². The van der Waals surface area contributed by atoms with Gasteiger partial charge in [0, 0.05) is 64.9 Å². The first-order valence-corrected chi connectivity index (χ1v) is 12.6. The molecule has 0 spiro atoms. The molecule has 33 heavy (non-hydrogen) atoms. The van der Waals surface area contributed by atoms with Crippen LogP contribution in [0.2, 0.25) is 0 Å². The van der Waals surface area contributed by atoms with Gasteiger partial charge in [0.2, 0.25) is 0 Å². The molecular weight excluding hydrogens is 530 g/mol. The molecule has 1 aromatic rings. The molecule has 2 N–H and O–H groups in total. The molecule has 2 aliphatic heterocycles. The molecule has 0 atom stereocenters. The van der Waals surface area contributed by atoms with Crippen LogP contribution < -0.4 is 15.5 Å². The summed E-state index contributed by atoms with van der Waals surface area (Å²) in [5.41, 5.74) is 1.67. The van der Waals surface area contributed by atoms with Crippen LogP contribution in [0, 0.1) is 5.82 Å². The molecule has 0 aromatic heterocycles. The van der Waals surface area contributed by atoms with E-state index < -0.39 is 0 Å². The lowest BCUT2D eigenvalue weighted by Crippen LogP contribution is -2.50. The Morgan fingerprint density at radius 2 is 1.73 bits per heavy atom. The van der Waals surface area contributed by atoms with Crippen molar-refractivity contribution in [2.75, 3.05) is 57.8 Å². The number of benzene rings is 1. The number of guanidine groups is 1. The zero-order chi connectivity index (χ0) is 22.3. The van der Waals surface area contributed by atoms with Gasteiger partial charge in [-0.05, 0) is 49.9 Å². The maximum Gasteiger partial charge on any atom is 0.191 e. The van der Waals surface area contributed by atoms with E-state index in [1.54, 1.807) is 6.07 Å². The number of likely N-dealkylation sites (N-methyl/N-ethyl adjacent to an activating group) is 1. The van der Waals surface area contributed by atoms with E-state index in [4.69, 9.17) is 0 Å². The van der Waals surface area contributed by atoms with Crippen molar-refractivity contribution in [2.45, 2.75) is 64.1 Å². The molecule has 0 amide bonds. The average Bonchev–Trinajstić information content (AvgIpc) is 3.37. The van der Waals surface area contributed by atoms with Crippen molar-refractivity contribution in [2.24, 2.45) is 4.99 Å². The van der Waals surface area contributed by atoms with Gasteiger partial charge in [0.15, 0.2) is 5.96 Å². The molecule has 0 unspecified atom stereocenters. The second kappa shape index (κ2) is 13.1. The number of likely N-dealkylation sites (tertiary alicyclic amines) is 1. The highest BCUT2D eigenvalue weighted by molar-refractivity contribution is 14.0. The largest absolute Gasteiger partial charge is 0.367 e. The molecule has 1 aliphatic carbocycles. The average molecular weight is 573 g/mol. The van der Waals surface area contributed by atoms with Crippen LogP contribution in [0.15, 0.2) is 23.2 Å². The first kappa shape index (κ1) is 26.5. The van der Waals surface area contributed by atoms with E-state index in [0.717, 1.165) is 68.8 Å². The lowest BCUT2D eigenvalue weighted by Gasteiger charge is -2.36. The number of piperazine rings is 1. The van der Waals surface area contributed by atoms with E-state index in [1.165, 1.54) is 38.8 Å². The third-order valence-corrected chi connectivity index (χ3v) is 7.57. The highest BCUT2D eigenvalue weighted by Gasteiger charge is 2.27. The van der Waals surface area contributed by atoms with E-state index in [0.29, 0.717) is 12.6 Å². The number of nitrogens with one attached hydrogen (secondary N) is 2. The lowest BCUT2D eigenvalue weighted by atomic mass is 10.0. The van der Waals surface area contributed by atoms with Crippen LogP contribution >= 0.6 is 24.0 Å². The molecule has 3 aliphatic rings. The number of rotatable bonds is 6. The Morgan fingerprint density at radius 3 is 2.33 bits per heavy atom. The van der Waals surface area contributed by atoms with Crippen molar-refractivity contribution in [3.8, 4) is 0 Å². The highest BCUT2D eigenvalue weighted by atomic mass is 127. The van der Waals surface area contributed by atoms with E-state index in [-0.39, 0.29) is 29.8 Å². The molecule has 2 heterocycles. The van der Waals surface area contributed by atoms with Gasteiger partial charge in [0.05, 0.1) is 5.69 Å². The smallest absolute Gasteiger partial charge is 0.191 e. The second-order valence-corrected chi connectivity index (χ2v) is 9.53. The zero-order valence-corrected chi connectivity index (χ0v) is 22.7. The molecule has 1 aromatic carbocycles. The van der Waals surface area contributed by atoms with Gasteiger partial charge in [-0.25, -0.2) is 4.39 Å². The third-order valence-electron chi connectivity index (χ3n) is 7.57. The number of nitrogens with zero attached hydrogens (tertiary/aromatic N) is 4. The molecule has 186 valence electrons. The minimum atomic E-state index is -0.128. The normalized spacial score (nSPS) is 21.8. The van der Waals surface area contributed by atoms with Crippen molar-refractivity contribution in [3.05, 3.63) is 29.6 Å². The Kier molecular flexibility index (Phi) is 10.5. The number of hydrogen-bond donors (Lipinski definition) is 2. The Labute approximate surface area is 216 Å². The molecule has 0 bridgehead atoms. The Bertz CT molecular complexity index is 753. The molecular formula is C25H42FIN6. The maximum absolute atomic E-state index is 14.8. The molecule has 4 rings (SSSR count). The molecule has 8 heteroatoms. The summed E-state index contributed by atoms with van der Waals surface area (Å²) in [5.74, 6) is 0.681. The van der Waals surface area contributed by atoms with Crippen LogP contribution in [-0.2, 0) is 6.54 Å². The summed E-state index contributed by atoms with van der Waals surface area (Å²) in [4.78, 5) is 11.7. The number of aliphatic imine (C=N–C) groups is 1. The van der Waals surface area contributed by atoms with Gasteiger partial charge in [-0.15, -0.1) is 24.0 Å². The Hall–Kier alpha value is -1.13. The molecule has 0 radical (unpaired) electrons. The lowest BCUT2D eigenvalue weighted by molar-refractivity contribution is 0.150. The van der Waals surface area contributed by atoms with Crippen LogP contribution in [0.4, 0.5) is 10.1 Å². The van der Waals surface area contributed by atoms with Crippen molar-refractivity contribution < 1.29 is 4.39 Å². The van der Waals surface area contributed by atoms with Gasteiger partial charge in [0.25, 0.3) is 0 Å².